The number of hydrogen-bond donors (Lipinski definition) is 2. The number of amides is 1. The number of H-pyrrole nitrogens is 1. The largest absolute Gasteiger partial charge is 0.334 e. The Hall–Kier alpha value is -2.80. The maximum atomic E-state index is 14.0. The van der Waals surface area contributed by atoms with Crippen molar-refractivity contribution >= 4 is 16.8 Å². The molecule has 1 aromatic heterocycles. The molecule has 0 fully saturated rings. The average molecular weight is 370 g/mol. The number of carbonyl (C=O) groups is 1. The molecule has 1 aliphatic heterocycles. The van der Waals surface area contributed by atoms with Gasteiger partial charge in [-0.1, -0.05) is 18.2 Å². The molecule has 3 N–H and O–H groups in total. The molecule has 5 nitrogen and oxygen atoms in total. The lowest BCUT2D eigenvalue weighted by Crippen LogP contribution is -2.48. The molecule has 0 saturated heterocycles. The van der Waals surface area contributed by atoms with E-state index < -0.39 is 23.7 Å². The predicted molar refractivity (Wildman–Crippen MR) is 98.0 cm³/mol. The molecule has 140 valence electrons. The second-order valence-corrected chi connectivity index (χ2v) is 6.94. The lowest BCUT2D eigenvalue weighted by molar-refractivity contribution is -0.135. The minimum absolute atomic E-state index is 0.239. The monoisotopic (exact) mass is 370 g/mol. The van der Waals surface area contributed by atoms with Crippen molar-refractivity contribution in [1.82, 2.24) is 15.1 Å². The van der Waals surface area contributed by atoms with Gasteiger partial charge in [0.2, 0.25) is 5.91 Å². The molecule has 0 bridgehead atoms. The lowest BCUT2D eigenvalue weighted by atomic mass is 9.92. The smallest absolute Gasteiger partial charge is 0.240 e. The Kier molecular flexibility index (Phi) is 4.39. The van der Waals surface area contributed by atoms with Crippen LogP contribution < -0.4 is 5.73 Å². The Morgan fingerprint density at radius 3 is 2.96 bits per heavy atom. The lowest BCUT2D eigenvalue weighted by Gasteiger charge is -2.36. The van der Waals surface area contributed by atoms with Gasteiger partial charge in [0.1, 0.15) is 11.6 Å². The van der Waals surface area contributed by atoms with Gasteiger partial charge in [0.05, 0.1) is 17.6 Å². The van der Waals surface area contributed by atoms with E-state index in [1.807, 2.05) is 24.3 Å². The topological polar surface area (TPSA) is 75.0 Å². The van der Waals surface area contributed by atoms with Crippen molar-refractivity contribution in [3.8, 4) is 0 Å². The molecule has 27 heavy (non-hydrogen) atoms. The molecule has 1 amide bonds. The van der Waals surface area contributed by atoms with Crippen molar-refractivity contribution < 1.29 is 13.6 Å². The summed E-state index contributed by atoms with van der Waals surface area (Å²) < 4.78 is 27.7. The van der Waals surface area contributed by atoms with E-state index in [1.54, 1.807) is 11.8 Å². The molecule has 3 aromatic rings. The van der Waals surface area contributed by atoms with E-state index in [0.29, 0.717) is 30.5 Å². The zero-order valence-corrected chi connectivity index (χ0v) is 14.9. The van der Waals surface area contributed by atoms with Gasteiger partial charge in [-0.25, -0.2) is 8.78 Å². The Morgan fingerprint density at radius 2 is 2.15 bits per heavy atom. The third kappa shape index (κ3) is 3.08. The SMILES string of the molecule is CC1c2cc(F)cc(F)c2CCN1C(=O)C(N)Cc1[nH]nc2ccccc12. The van der Waals surface area contributed by atoms with Crippen LogP contribution in [-0.4, -0.2) is 33.6 Å². The van der Waals surface area contributed by atoms with Crippen LogP contribution in [0.15, 0.2) is 36.4 Å². The first-order valence-corrected chi connectivity index (χ1v) is 8.91. The first-order chi connectivity index (χ1) is 13.0. The number of rotatable bonds is 3. The maximum Gasteiger partial charge on any atom is 0.240 e. The van der Waals surface area contributed by atoms with E-state index in [1.165, 1.54) is 6.07 Å². The number of aromatic nitrogens is 2. The Labute approximate surface area is 155 Å². The number of fused-ring (bicyclic) bond motifs is 2. The first-order valence-electron chi connectivity index (χ1n) is 8.91. The second-order valence-electron chi connectivity index (χ2n) is 6.94. The minimum Gasteiger partial charge on any atom is -0.334 e. The normalized spacial score (nSPS) is 17.8. The molecule has 0 spiro atoms. The predicted octanol–water partition coefficient (Wildman–Crippen LogP) is 2.86. The van der Waals surface area contributed by atoms with E-state index in [4.69, 9.17) is 5.73 Å². The zero-order chi connectivity index (χ0) is 19.1. The van der Waals surface area contributed by atoms with E-state index >= 15 is 0 Å². The summed E-state index contributed by atoms with van der Waals surface area (Å²) in [4.78, 5) is 14.5. The molecule has 7 heteroatoms. The van der Waals surface area contributed by atoms with E-state index in [-0.39, 0.29) is 5.91 Å². The number of para-hydroxylation sites is 1. The molecule has 0 aliphatic carbocycles. The van der Waals surface area contributed by atoms with Crippen LogP contribution in [0.4, 0.5) is 8.78 Å². The van der Waals surface area contributed by atoms with E-state index in [0.717, 1.165) is 22.7 Å². The summed E-state index contributed by atoms with van der Waals surface area (Å²) in [5.41, 5.74) is 8.78. The number of nitrogens with zero attached hydrogens (tertiary/aromatic N) is 2. The van der Waals surface area contributed by atoms with Gasteiger partial charge in [-0.05, 0) is 36.6 Å². The maximum absolute atomic E-state index is 14.0. The highest BCUT2D eigenvalue weighted by Gasteiger charge is 2.32. The van der Waals surface area contributed by atoms with Gasteiger partial charge in [-0.3, -0.25) is 9.89 Å². The number of benzene rings is 2. The van der Waals surface area contributed by atoms with Crippen molar-refractivity contribution in [1.29, 1.82) is 0 Å². The highest BCUT2D eigenvalue weighted by molar-refractivity contribution is 5.85. The summed E-state index contributed by atoms with van der Waals surface area (Å²) in [6.07, 6.45) is 0.657. The standard InChI is InChI=1S/C20H20F2N4O/c1-11-15-8-12(21)9-16(22)13(15)6-7-26(11)20(27)17(23)10-19-14-4-2-3-5-18(14)24-25-19/h2-5,8-9,11,17H,6-7,10,23H2,1H3,(H,24,25). The van der Waals surface area contributed by atoms with Crippen LogP contribution >= 0.6 is 0 Å². The number of carbonyl (C=O) groups excluding carboxylic acids is 1. The zero-order valence-electron chi connectivity index (χ0n) is 14.9. The molecule has 2 atom stereocenters. The van der Waals surface area contributed by atoms with Crippen molar-refractivity contribution in [2.45, 2.75) is 31.8 Å². The fraction of sp³-hybridized carbons (Fsp3) is 0.300. The molecule has 2 aromatic carbocycles. The Balaban J connectivity index is 1.55. The highest BCUT2D eigenvalue weighted by atomic mass is 19.1. The van der Waals surface area contributed by atoms with Crippen molar-refractivity contribution in [2.24, 2.45) is 5.73 Å². The van der Waals surface area contributed by atoms with Gasteiger partial charge in [0, 0.05) is 30.1 Å². The van der Waals surface area contributed by atoms with Gasteiger partial charge in [-0.15, -0.1) is 0 Å². The second kappa shape index (κ2) is 6.74. The molecular weight excluding hydrogens is 350 g/mol. The molecule has 0 radical (unpaired) electrons. The summed E-state index contributed by atoms with van der Waals surface area (Å²) in [5, 5.41) is 8.10. The van der Waals surface area contributed by atoms with Crippen LogP contribution in [0.25, 0.3) is 10.9 Å². The molecule has 0 saturated carbocycles. The van der Waals surface area contributed by atoms with Crippen LogP contribution in [0.1, 0.15) is 29.8 Å². The highest BCUT2D eigenvalue weighted by Crippen LogP contribution is 2.32. The van der Waals surface area contributed by atoms with Crippen molar-refractivity contribution in [3.63, 3.8) is 0 Å². The molecule has 1 aliphatic rings. The molecular formula is C20H20F2N4O. The fourth-order valence-corrected chi connectivity index (χ4v) is 3.84. The third-order valence-corrected chi connectivity index (χ3v) is 5.28. The summed E-state index contributed by atoms with van der Waals surface area (Å²) in [6.45, 7) is 2.13. The van der Waals surface area contributed by atoms with Gasteiger partial charge < -0.3 is 10.6 Å². The Morgan fingerprint density at radius 1 is 1.37 bits per heavy atom. The summed E-state index contributed by atoms with van der Waals surface area (Å²) in [7, 11) is 0. The van der Waals surface area contributed by atoms with Crippen LogP contribution in [0.3, 0.4) is 0 Å². The van der Waals surface area contributed by atoms with E-state index in [9.17, 15) is 13.6 Å². The fourth-order valence-electron chi connectivity index (χ4n) is 3.84. The van der Waals surface area contributed by atoms with Crippen LogP contribution in [0.5, 0.6) is 0 Å². The summed E-state index contributed by atoms with van der Waals surface area (Å²) >= 11 is 0. The number of nitrogens with one attached hydrogen (secondary N) is 1. The number of nitrogens with two attached hydrogens (primary N) is 1. The third-order valence-electron chi connectivity index (χ3n) is 5.28. The van der Waals surface area contributed by atoms with E-state index in [2.05, 4.69) is 10.2 Å². The minimum atomic E-state index is -0.767. The van der Waals surface area contributed by atoms with Gasteiger partial charge in [0.25, 0.3) is 0 Å². The summed E-state index contributed by atoms with van der Waals surface area (Å²) in [6, 6.07) is 8.60. The molecule has 4 rings (SSSR count). The van der Waals surface area contributed by atoms with Gasteiger partial charge in [-0.2, -0.15) is 5.10 Å². The van der Waals surface area contributed by atoms with Crippen LogP contribution in [0.2, 0.25) is 0 Å². The van der Waals surface area contributed by atoms with Crippen molar-refractivity contribution in [3.05, 3.63) is 64.9 Å². The average Bonchev–Trinajstić information content (AvgIpc) is 3.05. The molecule has 2 unspecified atom stereocenters. The van der Waals surface area contributed by atoms with Gasteiger partial charge in [0.15, 0.2) is 0 Å². The number of hydrogen-bond acceptors (Lipinski definition) is 3. The quantitative estimate of drug-likeness (QED) is 0.744. The molecule has 2 heterocycles. The Bertz CT molecular complexity index is 1020. The van der Waals surface area contributed by atoms with Crippen LogP contribution in [0, 0.1) is 11.6 Å². The van der Waals surface area contributed by atoms with Crippen LogP contribution in [-0.2, 0) is 17.6 Å². The number of aromatic amines is 1. The first kappa shape index (κ1) is 17.6. The van der Waals surface area contributed by atoms with Crippen molar-refractivity contribution in [2.75, 3.05) is 6.54 Å². The van der Waals surface area contributed by atoms with Gasteiger partial charge >= 0.3 is 0 Å². The number of halogens is 2. The summed E-state index contributed by atoms with van der Waals surface area (Å²) in [5.74, 6) is -1.44.